The highest BCUT2D eigenvalue weighted by molar-refractivity contribution is 7.06. The zero-order chi connectivity index (χ0) is 15.7. The maximum Gasteiger partial charge on any atom is 0.141 e. The summed E-state index contributed by atoms with van der Waals surface area (Å²) in [6.45, 7) is 9.22. The van der Waals surface area contributed by atoms with Gasteiger partial charge in [0.1, 0.15) is 8.07 Å². The Morgan fingerprint density at radius 1 is 0.818 bits per heavy atom. The van der Waals surface area contributed by atoms with Crippen molar-refractivity contribution in [2.24, 2.45) is 0 Å². The molecular weight excluding hydrogens is 280 g/mol. The number of aryl methyl sites for hydroxylation is 2. The first-order valence-electron chi connectivity index (χ1n) is 8.03. The van der Waals surface area contributed by atoms with Gasteiger partial charge in [-0.15, -0.1) is 0 Å². The molecule has 22 heavy (non-hydrogen) atoms. The molecular formula is C21H24Si. The monoisotopic (exact) mass is 304 g/mol. The molecule has 112 valence electrons. The first kappa shape index (κ1) is 15.0. The number of benzene rings is 2. The van der Waals surface area contributed by atoms with E-state index in [0.29, 0.717) is 0 Å². The number of rotatable bonds is 3. The maximum absolute atomic E-state index is 2.52. The van der Waals surface area contributed by atoms with Gasteiger partial charge in [-0.05, 0) is 37.6 Å². The van der Waals surface area contributed by atoms with Gasteiger partial charge >= 0.3 is 0 Å². The molecule has 0 nitrogen and oxygen atoms in total. The lowest BCUT2D eigenvalue weighted by atomic mass is 10.2. The fourth-order valence-electron chi connectivity index (χ4n) is 3.76. The average molecular weight is 305 g/mol. The lowest BCUT2D eigenvalue weighted by Gasteiger charge is -2.32. The predicted octanol–water partition coefficient (Wildman–Crippen LogP) is 4.31. The Balaban J connectivity index is 2.26. The topological polar surface area (TPSA) is 0 Å². The minimum absolute atomic E-state index is 1.11. The van der Waals surface area contributed by atoms with Gasteiger partial charge in [-0.3, -0.25) is 0 Å². The van der Waals surface area contributed by atoms with E-state index in [-0.39, 0.29) is 0 Å². The van der Waals surface area contributed by atoms with Gasteiger partial charge in [-0.1, -0.05) is 89.1 Å². The highest BCUT2D eigenvalue weighted by Crippen LogP contribution is 2.28. The third-order valence-corrected chi connectivity index (χ3v) is 9.66. The molecule has 0 radical (unpaired) electrons. The molecule has 2 aromatic rings. The van der Waals surface area contributed by atoms with Gasteiger partial charge in [0, 0.05) is 0 Å². The van der Waals surface area contributed by atoms with E-state index in [2.05, 4.69) is 88.0 Å². The van der Waals surface area contributed by atoms with E-state index in [1.54, 1.807) is 5.20 Å². The van der Waals surface area contributed by atoms with Gasteiger partial charge in [0.25, 0.3) is 0 Å². The summed E-state index contributed by atoms with van der Waals surface area (Å²) in [5, 5.41) is 4.70. The van der Waals surface area contributed by atoms with E-state index >= 15 is 0 Å². The molecule has 0 heterocycles. The molecule has 0 spiro atoms. The van der Waals surface area contributed by atoms with Crippen LogP contribution in [0.15, 0.2) is 71.5 Å². The van der Waals surface area contributed by atoms with Crippen molar-refractivity contribution in [2.45, 2.75) is 33.7 Å². The van der Waals surface area contributed by atoms with Crippen LogP contribution in [0, 0.1) is 13.8 Å². The first-order chi connectivity index (χ1) is 10.5. The van der Waals surface area contributed by atoms with Gasteiger partial charge in [0.05, 0.1) is 0 Å². The van der Waals surface area contributed by atoms with Gasteiger partial charge in [0.2, 0.25) is 0 Å². The van der Waals surface area contributed by atoms with Gasteiger partial charge < -0.3 is 0 Å². The maximum atomic E-state index is 2.52. The van der Waals surface area contributed by atoms with Crippen molar-refractivity contribution in [2.75, 3.05) is 0 Å². The van der Waals surface area contributed by atoms with Crippen LogP contribution in [0.2, 0.25) is 6.55 Å². The number of hydrogen-bond acceptors (Lipinski definition) is 0. The van der Waals surface area contributed by atoms with Crippen LogP contribution in [-0.2, 0) is 0 Å². The molecule has 0 N–H and O–H groups in total. The summed E-state index contributed by atoms with van der Waals surface area (Å²) in [7, 11) is -1.88. The molecule has 1 aliphatic carbocycles. The lowest BCUT2D eigenvalue weighted by Crippen LogP contribution is -2.57. The fraction of sp³-hybridized carbons (Fsp3) is 0.238. The largest absolute Gasteiger partial charge is 0.141 e. The van der Waals surface area contributed by atoms with E-state index in [1.165, 1.54) is 27.1 Å². The highest BCUT2D eigenvalue weighted by Gasteiger charge is 2.37. The second kappa shape index (κ2) is 5.73. The van der Waals surface area contributed by atoms with Crippen molar-refractivity contribution in [3.8, 4) is 0 Å². The van der Waals surface area contributed by atoms with E-state index in [4.69, 9.17) is 0 Å². The third-order valence-electron chi connectivity index (χ3n) is 4.92. The normalized spacial score (nSPS) is 16.9. The Kier molecular flexibility index (Phi) is 3.92. The summed E-state index contributed by atoms with van der Waals surface area (Å²) in [6, 6.07) is 18.2. The van der Waals surface area contributed by atoms with Crippen LogP contribution in [0.4, 0.5) is 0 Å². The van der Waals surface area contributed by atoms with Gasteiger partial charge in [0.15, 0.2) is 0 Å². The zero-order valence-electron chi connectivity index (χ0n) is 14.0. The molecule has 1 heteroatoms. The molecule has 3 rings (SSSR count). The van der Waals surface area contributed by atoms with Crippen molar-refractivity contribution in [1.82, 2.24) is 0 Å². The smallest absolute Gasteiger partial charge is 0.0806 e. The minimum atomic E-state index is -1.88. The van der Waals surface area contributed by atoms with Crippen LogP contribution in [0.5, 0.6) is 0 Å². The summed E-state index contributed by atoms with van der Waals surface area (Å²) in [5.41, 5.74) is 4.21. The van der Waals surface area contributed by atoms with Crippen LogP contribution in [0.3, 0.4) is 0 Å². The molecule has 0 saturated carbocycles. The van der Waals surface area contributed by atoms with Crippen LogP contribution >= 0.6 is 0 Å². The Morgan fingerprint density at radius 3 is 2.00 bits per heavy atom. The minimum Gasteiger partial charge on any atom is -0.0806 e. The fourth-order valence-corrected chi connectivity index (χ4v) is 8.08. The van der Waals surface area contributed by atoms with E-state index < -0.39 is 8.07 Å². The zero-order valence-corrected chi connectivity index (χ0v) is 15.0. The van der Waals surface area contributed by atoms with Crippen molar-refractivity contribution in [3.63, 3.8) is 0 Å². The van der Waals surface area contributed by atoms with Crippen LogP contribution < -0.4 is 10.4 Å². The second-order valence-electron chi connectivity index (χ2n) is 6.64. The van der Waals surface area contributed by atoms with Crippen molar-refractivity contribution >= 4 is 18.4 Å². The van der Waals surface area contributed by atoms with Crippen LogP contribution in [-0.4, -0.2) is 8.07 Å². The number of allylic oxidation sites excluding steroid dienone is 4. The molecule has 2 aromatic carbocycles. The van der Waals surface area contributed by atoms with Crippen LogP contribution in [0.1, 0.15) is 24.5 Å². The molecule has 0 aliphatic heterocycles. The third kappa shape index (κ3) is 2.50. The van der Waals surface area contributed by atoms with Crippen LogP contribution in [0.25, 0.3) is 0 Å². The van der Waals surface area contributed by atoms with Crippen molar-refractivity contribution in [1.29, 1.82) is 0 Å². The number of hydrogen-bond donors (Lipinski definition) is 0. The molecule has 0 aromatic heterocycles. The van der Waals surface area contributed by atoms with Crippen molar-refractivity contribution < 1.29 is 0 Å². The van der Waals surface area contributed by atoms with E-state index in [0.717, 1.165) is 6.42 Å². The Bertz CT molecular complexity index is 732. The molecule has 0 saturated heterocycles. The predicted molar refractivity (Wildman–Crippen MR) is 99.7 cm³/mol. The lowest BCUT2D eigenvalue weighted by molar-refractivity contribution is 1.33. The van der Waals surface area contributed by atoms with Gasteiger partial charge in [-0.2, -0.15) is 0 Å². The molecule has 0 fully saturated rings. The Morgan fingerprint density at radius 2 is 1.45 bits per heavy atom. The Labute approximate surface area is 135 Å². The molecule has 0 amide bonds. The quantitative estimate of drug-likeness (QED) is 0.741. The van der Waals surface area contributed by atoms with E-state index in [9.17, 15) is 0 Å². The molecule has 0 bridgehead atoms. The summed E-state index contributed by atoms with van der Waals surface area (Å²) in [5.74, 6) is 0. The molecule has 1 aliphatic rings. The first-order valence-corrected chi connectivity index (χ1v) is 10.5. The standard InChI is InChI=1S/C21H24Si/c1-16-13-17(2)15-20(14-16)22(4,19-10-6-5-7-11-19)21-12-8-9-18(21)3/h5-11,13-15H,12H2,1-4H3. The van der Waals surface area contributed by atoms with E-state index in [1.807, 2.05) is 0 Å². The highest BCUT2D eigenvalue weighted by atomic mass is 28.3. The summed E-state index contributed by atoms with van der Waals surface area (Å²) in [6.07, 6.45) is 5.73. The summed E-state index contributed by atoms with van der Waals surface area (Å²) < 4.78 is 0. The summed E-state index contributed by atoms with van der Waals surface area (Å²) >= 11 is 0. The second-order valence-corrected chi connectivity index (χ2v) is 10.6. The molecule has 1 unspecified atom stereocenters. The molecule has 1 atom stereocenters. The average Bonchev–Trinajstić information content (AvgIpc) is 2.93. The van der Waals surface area contributed by atoms with Gasteiger partial charge in [-0.25, -0.2) is 0 Å². The van der Waals surface area contributed by atoms with Crippen molar-refractivity contribution in [3.05, 3.63) is 82.6 Å². The Hall–Kier alpha value is -1.86. The summed E-state index contributed by atoms with van der Waals surface area (Å²) in [4.78, 5) is 0. The SMILES string of the molecule is CC1=C([Si](C)(c2ccccc2)c2cc(C)cc(C)c2)CC=C1.